The number of aryl methyl sites for hydroxylation is 1. The fourth-order valence-corrected chi connectivity index (χ4v) is 2.33. The van der Waals surface area contributed by atoms with Gasteiger partial charge in [-0.3, -0.25) is 0 Å². The molecule has 22 heavy (non-hydrogen) atoms. The Balaban J connectivity index is 2.49. The molecule has 0 radical (unpaired) electrons. The minimum atomic E-state index is 0.462. The van der Waals surface area contributed by atoms with E-state index in [0.29, 0.717) is 22.2 Å². The highest BCUT2D eigenvalue weighted by atomic mass is 32.2. The van der Waals surface area contributed by atoms with Gasteiger partial charge in [0.2, 0.25) is 0 Å². The number of nitriles is 1. The minimum absolute atomic E-state index is 0.462. The molecule has 4 nitrogen and oxygen atoms in total. The predicted molar refractivity (Wildman–Crippen MR) is 92.3 cm³/mol. The van der Waals surface area contributed by atoms with Crippen molar-refractivity contribution < 1.29 is 0 Å². The van der Waals surface area contributed by atoms with Crippen LogP contribution >= 0.6 is 11.8 Å². The normalized spacial score (nSPS) is 10.6. The summed E-state index contributed by atoms with van der Waals surface area (Å²) in [5.41, 5.74) is 3.17. The number of aromatic nitrogens is 2. The molecule has 1 aromatic heterocycles. The van der Waals surface area contributed by atoms with E-state index < -0.39 is 0 Å². The van der Waals surface area contributed by atoms with Gasteiger partial charge in [-0.05, 0) is 43.4 Å². The second-order valence-electron chi connectivity index (χ2n) is 4.74. The van der Waals surface area contributed by atoms with Crippen LogP contribution in [0.3, 0.4) is 0 Å². The largest absolute Gasteiger partial charge is 0.339 e. The maximum atomic E-state index is 9.48. The number of benzene rings is 1. The van der Waals surface area contributed by atoms with E-state index >= 15 is 0 Å². The van der Waals surface area contributed by atoms with Crippen LogP contribution in [-0.4, -0.2) is 16.2 Å². The fourth-order valence-electron chi connectivity index (χ4n) is 1.96. The molecule has 5 heteroatoms. The van der Waals surface area contributed by atoms with Crippen LogP contribution in [-0.2, 0) is 0 Å². The highest BCUT2D eigenvalue weighted by molar-refractivity contribution is 7.98. The molecule has 0 aliphatic carbocycles. The van der Waals surface area contributed by atoms with Gasteiger partial charge in [0.1, 0.15) is 11.6 Å². The zero-order chi connectivity index (χ0) is 15.9. The van der Waals surface area contributed by atoms with Crippen LogP contribution < -0.4 is 5.32 Å². The summed E-state index contributed by atoms with van der Waals surface area (Å²) in [7, 11) is 0. The van der Waals surface area contributed by atoms with Crippen LogP contribution in [0.1, 0.15) is 30.2 Å². The Morgan fingerprint density at radius 1 is 1.36 bits per heavy atom. The molecule has 0 saturated carbocycles. The molecule has 2 aromatic rings. The molecule has 0 saturated heterocycles. The van der Waals surface area contributed by atoms with Gasteiger partial charge in [0.25, 0.3) is 0 Å². The Morgan fingerprint density at radius 3 is 2.82 bits per heavy atom. The zero-order valence-corrected chi connectivity index (χ0v) is 13.7. The lowest BCUT2D eigenvalue weighted by Crippen LogP contribution is -2.03. The summed E-state index contributed by atoms with van der Waals surface area (Å²) in [4.78, 5) is 8.86. The first-order valence-corrected chi connectivity index (χ1v) is 8.26. The van der Waals surface area contributed by atoms with Crippen molar-refractivity contribution in [3.05, 3.63) is 47.2 Å². The standard InChI is InChI=1S/C17H18N4S/c1-4-5-9-15-14(11-18)16(21-17(20-15)22-3)19-13-8-6-7-12(2)10-13/h5-10H,4H2,1-3H3,(H,19,20,21). The van der Waals surface area contributed by atoms with Gasteiger partial charge >= 0.3 is 0 Å². The fraction of sp³-hybridized carbons (Fsp3) is 0.235. The maximum absolute atomic E-state index is 9.48. The SMILES string of the molecule is CCC=Cc1nc(SC)nc(Nc2cccc(C)c2)c1C#N. The van der Waals surface area contributed by atoms with Crippen LogP contribution in [0.4, 0.5) is 11.5 Å². The smallest absolute Gasteiger partial charge is 0.189 e. The Labute approximate surface area is 135 Å². The molecule has 0 atom stereocenters. The molecule has 0 spiro atoms. The maximum Gasteiger partial charge on any atom is 0.189 e. The lowest BCUT2D eigenvalue weighted by molar-refractivity contribution is 0.958. The van der Waals surface area contributed by atoms with Crippen LogP contribution in [0.25, 0.3) is 6.08 Å². The summed E-state index contributed by atoms with van der Waals surface area (Å²) < 4.78 is 0. The average molecular weight is 310 g/mol. The number of nitrogens with zero attached hydrogens (tertiary/aromatic N) is 3. The van der Waals surface area contributed by atoms with E-state index in [-0.39, 0.29) is 0 Å². The summed E-state index contributed by atoms with van der Waals surface area (Å²) in [6.07, 6.45) is 6.68. The molecule has 0 aliphatic rings. The quantitative estimate of drug-likeness (QED) is 0.648. The van der Waals surface area contributed by atoms with Gasteiger partial charge in [-0.2, -0.15) is 5.26 Å². The number of hydrogen-bond donors (Lipinski definition) is 1. The number of rotatable bonds is 5. The van der Waals surface area contributed by atoms with Gasteiger partial charge in [0, 0.05) is 5.69 Å². The highest BCUT2D eigenvalue weighted by Crippen LogP contribution is 2.24. The van der Waals surface area contributed by atoms with Crippen molar-refractivity contribution >= 4 is 29.3 Å². The average Bonchev–Trinajstić information content (AvgIpc) is 2.52. The first-order valence-electron chi connectivity index (χ1n) is 7.04. The lowest BCUT2D eigenvalue weighted by Gasteiger charge is -2.11. The monoisotopic (exact) mass is 310 g/mol. The Hall–Kier alpha value is -2.32. The van der Waals surface area contributed by atoms with E-state index in [0.717, 1.165) is 17.7 Å². The van der Waals surface area contributed by atoms with Crippen molar-refractivity contribution in [2.75, 3.05) is 11.6 Å². The van der Waals surface area contributed by atoms with E-state index in [9.17, 15) is 5.26 Å². The van der Waals surface area contributed by atoms with Crippen LogP contribution in [0.15, 0.2) is 35.5 Å². The number of hydrogen-bond acceptors (Lipinski definition) is 5. The molecule has 1 aromatic carbocycles. The van der Waals surface area contributed by atoms with Gasteiger partial charge in [-0.25, -0.2) is 9.97 Å². The van der Waals surface area contributed by atoms with E-state index in [1.807, 2.05) is 56.5 Å². The zero-order valence-electron chi connectivity index (χ0n) is 12.9. The van der Waals surface area contributed by atoms with Crippen molar-refractivity contribution in [3.63, 3.8) is 0 Å². The van der Waals surface area contributed by atoms with E-state index in [4.69, 9.17) is 0 Å². The van der Waals surface area contributed by atoms with Crippen molar-refractivity contribution in [2.45, 2.75) is 25.4 Å². The number of nitrogens with one attached hydrogen (secondary N) is 1. The molecular formula is C17H18N4S. The first kappa shape index (κ1) is 16.1. The van der Waals surface area contributed by atoms with Crippen LogP contribution in [0, 0.1) is 18.3 Å². The third-order valence-corrected chi connectivity index (χ3v) is 3.55. The summed E-state index contributed by atoms with van der Waals surface area (Å²) in [6, 6.07) is 10.2. The van der Waals surface area contributed by atoms with Crippen molar-refractivity contribution in [1.82, 2.24) is 9.97 Å². The summed E-state index contributed by atoms with van der Waals surface area (Å²) >= 11 is 1.46. The van der Waals surface area contributed by atoms with Crippen molar-refractivity contribution in [2.24, 2.45) is 0 Å². The van der Waals surface area contributed by atoms with Gasteiger partial charge in [0.15, 0.2) is 11.0 Å². The Kier molecular flexibility index (Phi) is 5.56. The van der Waals surface area contributed by atoms with Gasteiger partial charge in [-0.15, -0.1) is 0 Å². The molecule has 0 fully saturated rings. The van der Waals surface area contributed by atoms with E-state index in [2.05, 4.69) is 21.4 Å². The molecule has 2 rings (SSSR count). The second kappa shape index (κ2) is 7.62. The molecule has 0 bridgehead atoms. The molecular weight excluding hydrogens is 292 g/mol. The predicted octanol–water partition coefficient (Wildman–Crippen LogP) is 4.55. The lowest BCUT2D eigenvalue weighted by atomic mass is 10.2. The highest BCUT2D eigenvalue weighted by Gasteiger charge is 2.12. The van der Waals surface area contributed by atoms with Gasteiger partial charge < -0.3 is 5.32 Å². The summed E-state index contributed by atoms with van der Waals surface area (Å²) in [5, 5.41) is 13.4. The van der Waals surface area contributed by atoms with Crippen molar-refractivity contribution in [3.8, 4) is 6.07 Å². The summed E-state index contributed by atoms with van der Waals surface area (Å²) in [6.45, 7) is 4.07. The first-order chi connectivity index (χ1) is 10.7. The number of thioether (sulfide) groups is 1. The molecule has 0 unspecified atom stereocenters. The number of allylic oxidation sites excluding steroid dienone is 1. The van der Waals surface area contributed by atoms with Crippen LogP contribution in [0.5, 0.6) is 0 Å². The topological polar surface area (TPSA) is 61.6 Å². The second-order valence-corrected chi connectivity index (χ2v) is 5.51. The molecule has 1 heterocycles. The molecule has 0 aliphatic heterocycles. The van der Waals surface area contributed by atoms with Gasteiger partial charge in [-0.1, -0.05) is 36.9 Å². The minimum Gasteiger partial charge on any atom is -0.339 e. The van der Waals surface area contributed by atoms with Crippen molar-refractivity contribution in [1.29, 1.82) is 5.26 Å². The third kappa shape index (κ3) is 3.86. The summed E-state index contributed by atoms with van der Waals surface area (Å²) in [5.74, 6) is 0.545. The van der Waals surface area contributed by atoms with E-state index in [1.54, 1.807) is 0 Å². The van der Waals surface area contributed by atoms with E-state index in [1.165, 1.54) is 11.8 Å². The number of anilines is 2. The molecule has 1 N–H and O–H groups in total. The molecule has 112 valence electrons. The third-order valence-electron chi connectivity index (χ3n) is 3.00. The molecule has 0 amide bonds. The Morgan fingerprint density at radius 2 is 2.18 bits per heavy atom. The Bertz CT molecular complexity index is 732. The van der Waals surface area contributed by atoms with Crippen LogP contribution in [0.2, 0.25) is 0 Å². The van der Waals surface area contributed by atoms with Gasteiger partial charge in [0.05, 0.1) is 5.69 Å².